The van der Waals surface area contributed by atoms with Crippen LogP contribution in [0, 0.1) is 0 Å². The third-order valence-electron chi connectivity index (χ3n) is 3.80. The molecule has 21 heavy (non-hydrogen) atoms. The first-order valence-corrected chi connectivity index (χ1v) is 7.27. The smallest absolute Gasteiger partial charge is 0.172 e. The zero-order valence-electron chi connectivity index (χ0n) is 12.3. The van der Waals surface area contributed by atoms with E-state index in [0.717, 1.165) is 56.2 Å². The van der Waals surface area contributed by atoms with Gasteiger partial charge in [-0.25, -0.2) is 9.97 Å². The van der Waals surface area contributed by atoms with Crippen molar-refractivity contribution in [1.82, 2.24) is 20.3 Å². The monoisotopic (exact) mass is 287 g/mol. The summed E-state index contributed by atoms with van der Waals surface area (Å²) in [5, 5.41) is 4.26. The number of aromatic nitrogens is 2. The molecule has 0 aliphatic carbocycles. The van der Waals surface area contributed by atoms with Gasteiger partial charge in [0, 0.05) is 32.3 Å². The van der Waals surface area contributed by atoms with Crippen LogP contribution in [-0.4, -0.2) is 53.8 Å². The Kier molecular flexibility index (Phi) is 4.01. The van der Waals surface area contributed by atoms with Gasteiger partial charge < -0.3 is 15.5 Å². The SMILES string of the molecule is CN1CCCN(c2nc(C3=NNC=CC3)cnc2N)CC1. The number of nitrogens with zero attached hydrogens (tertiary/aromatic N) is 5. The van der Waals surface area contributed by atoms with E-state index in [1.807, 2.05) is 12.3 Å². The number of hydrogen-bond donors (Lipinski definition) is 2. The fourth-order valence-corrected chi connectivity index (χ4v) is 2.56. The minimum Gasteiger partial charge on any atom is -0.381 e. The molecule has 0 spiro atoms. The molecular weight excluding hydrogens is 266 g/mol. The van der Waals surface area contributed by atoms with E-state index in [2.05, 4.69) is 32.4 Å². The third kappa shape index (κ3) is 3.13. The largest absolute Gasteiger partial charge is 0.381 e. The highest BCUT2D eigenvalue weighted by Crippen LogP contribution is 2.20. The van der Waals surface area contributed by atoms with Gasteiger partial charge in [-0.15, -0.1) is 0 Å². The van der Waals surface area contributed by atoms with Crippen LogP contribution in [0.4, 0.5) is 11.6 Å². The first-order valence-electron chi connectivity index (χ1n) is 7.27. The van der Waals surface area contributed by atoms with Gasteiger partial charge in [-0.1, -0.05) is 6.08 Å². The van der Waals surface area contributed by atoms with Crippen LogP contribution in [0.3, 0.4) is 0 Å². The van der Waals surface area contributed by atoms with E-state index in [0.29, 0.717) is 5.82 Å². The number of anilines is 2. The minimum atomic E-state index is 0.489. The second-order valence-electron chi connectivity index (χ2n) is 5.40. The molecule has 0 atom stereocenters. The summed E-state index contributed by atoms with van der Waals surface area (Å²) in [6, 6.07) is 0. The summed E-state index contributed by atoms with van der Waals surface area (Å²) < 4.78 is 0. The summed E-state index contributed by atoms with van der Waals surface area (Å²) in [7, 11) is 2.14. The van der Waals surface area contributed by atoms with Crippen molar-refractivity contribution < 1.29 is 0 Å². The van der Waals surface area contributed by atoms with Crippen LogP contribution in [0.25, 0.3) is 0 Å². The van der Waals surface area contributed by atoms with Gasteiger partial charge in [0.1, 0.15) is 5.69 Å². The van der Waals surface area contributed by atoms with Gasteiger partial charge in [0.15, 0.2) is 11.6 Å². The topological polar surface area (TPSA) is 82.7 Å². The predicted octanol–water partition coefficient (Wildman–Crippen LogP) is 0.412. The average molecular weight is 287 g/mol. The molecule has 1 aromatic heterocycles. The van der Waals surface area contributed by atoms with E-state index < -0.39 is 0 Å². The van der Waals surface area contributed by atoms with Crippen LogP contribution in [0.5, 0.6) is 0 Å². The maximum Gasteiger partial charge on any atom is 0.172 e. The summed E-state index contributed by atoms with van der Waals surface area (Å²) >= 11 is 0. The standard InChI is InChI=1S/C14H21N7/c1-20-6-3-7-21(9-8-20)14-13(15)16-10-12(18-14)11-4-2-5-17-19-11/h2,5,10,17H,3-4,6-9H2,1H3,(H2,15,16). The number of nitrogens with one attached hydrogen (secondary N) is 1. The lowest BCUT2D eigenvalue weighted by molar-refractivity contribution is 0.360. The minimum absolute atomic E-state index is 0.489. The summed E-state index contributed by atoms with van der Waals surface area (Å²) in [5.41, 5.74) is 10.6. The molecule has 1 saturated heterocycles. The lowest BCUT2D eigenvalue weighted by atomic mass is 10.2. The molecule has 7 heteroatoms. The molecule has 0 amide bonds. The summed E-state index contributed by atoms with van der Waals surface area (Å²) in [6.45, 7) is 3.99. The van der Waals surface area contributed by atoms with Gasteiger partial charge in [-0.05, 0) is 20.0 Å². The zero-order chi connectivity index (χ0) is 14.7. The third-order valence-corrected chi connectivity index (χ3v) is 3.80. The molecule has 2 aliphatic heterocycles. The zero-order valence-corrected chi connectivity index (χ0v) is 12.3. The molecular formula is C14H21N7. The molecule has 0 unspecified atom stereocenters. The summed E-state index contributed by atoms with van der Waals surface area (Å²) in [6.07, 6.45) is 7.39. The first-order chi connectivity index (χ1) is 10.2. The summed E-state index contributed by atoms with van der Waals surface area (Å²) in [4.78, 5) is 13.6. The van der Waals surface area contributed by atoms with E-state index in [4.69, 9.17) is 10.7 Å². The summed E-state index contributed by atoms with van der Waals surface area (Å²) in [5.74, 6) is 1.27. The Labute approximate surface area is 124 Å². The maximum atomic E-state index is 6.04. The number of hydrogen-bond acceptors (Lipinski definition) is 7. The second kappa shape index (κ2) is 6.09. The van der Waals surface area contributed by atoms with Crippen LogP contribution in [-0.2, 0) is 0 Å². The Morgan fingerprint density at radius 2 is 2.14 bits per heavy atom. The second-order valence-corrected chi connectivity index (χ2v) is 5.40. The molecule has 0 bridgehead atoms. The molecule has 0 aromatic carbocycles. The number of rotatable bonds is 2. The molecule has 3 N–H and O–H groups in total. The normalized spacial score (nSPS) is 19.9. The Hall–Kier alpha value is -2.15. The van der Waals surface area contributed by atoms with Crippen LogP contribution in [0.1, 0.15) is 18.5 Å². The van der Waals surface area contributed by atoms with Gasteiger partial charge in [0.2, 0.25) is 0 Å². The molecule has 3 heterocycles. The average Bonchev–Trinajstić information content (AvgIpc) is 2.73. The quantitative estimate of drug-likeness (QED) is 0.820. The fourth-order valence-electron chi connectivity index (χ4n) is 2.56. The van der Waals surface area contributed by atoms with Crippen molar-refractivity contribution in [3.05, 3.63) is 24.2 Å². The molecule has 112 valence electrons. The van der Waals surface area contributed by atoms with Crippen LogP contribution < -0.4 is 16.1 Å². The van der Waals surface area contributed by atoms with Crippen molar-refractivity contribution in [3.63, 3.8) is 0 Å². The van der Waals surface area contributed by atoms with Gasteiger partial charge >= 0.3 is 0 Å². The van der Waals surface area contributed by atoms with Gasteiger partial charge in [0.25, 0.3) is 0 Å². The fraction of sp³-hybridized carbons (Fsp3) is 0.500. The van der Waals surface area contributed by atoms with Crippen LogP contribution in [0.2, 0.25) is 0 Å². The lowest BCUT2D eigenvalue weighted by Crippen LogP contribution is -2.30. The van der Waals surface area contributed by atoms with E-state index in [1.54, 1.807) is 6.20 Å². The Morgan fingerprint density at radius 3 is 2.95 bits per heavy atom. The molecule has 7 nitrogen and oxygen atoms in total. The van der Waals surface area contributed by atoms with Crippen molar-refractivity contribution >= 4 is 17.3 Å². The van der Waals surface area contributed by atoms with E-state index in [9.17, 15) is 0 Å². The Balaban J connectivity index is 1.85. The van der Waals surface area contributed by atoms with Crippen LogP contribution >= 0.6 is 0 Å². The van der Waals surface area contributed by atoms with E-state index in [-0.39, 0.29) is 0 Å². The van der Waals surface area contributed by atoms with Crippen molar-refractivity contribution in [1.29, 1.82) is 0 Å². The highest BCUT2D eigenvalue weighted by atomic mass is 15.3. The highest BCUT2D eigenvalue weighted by molar-refractivity contribution is 6.00. The lowest BCUT2D eigenvalue weighted by Gasteiger charge is -2.23. The van der Waals surface area contributed by atoms with Crippen molar-refractivity contribution in [2.75, 3.05) is 43.9 Å². The number of nitrogens with two attached hydrogens (primary N) is 1. The Bertz CT molecular complexity index is 566. The molecule has 0 radical (unpaired) electrons. The molecule has 2 aliphatic rings. The highest BCUT2D eigenvalue weighted by Gasteiger charge is 2.18. The molecule has 1 aromatic rings. The number of hydrazone groups is 1. The molecule has 3 rings (SSSR count). The van der Waals surface area contributed by atoms with Gasteiger partial charge in [-0.3, -0.25) is 5.43 Å². The van der Waals surface area contributed by atoms with E-state index >= 15 is 0 Å². The van der Waals surface area contributed by atoms with Gasteiger partial charge in [0.05, 0.1) is 11.9 Å². The molecule has 1 fully saturated rings. The van der Waals surface area contributed by atoms with Crippen molar-refractivity contribution in [2.24, 2.45) is 5.10 Å². The maximum absolute atomic E-state index is 6.04. The first kappa shape index (κ1) is 13.8. The molecule has 0 saturated carbocycles. The Morgan fingerprint density at radius 1 is 1.24 bits per heavy atom. The van der Waals surface area contributed by atoms with Gasteiger partial charge in [-0.2, -0.15) is 5.10 Å². The van der Waals surface area contributed by atoms with Crippen LogP contribution in [0.15, 0.2) is 23.6 Å². The number of allylic oxidation sites excluding steroid dienone is 1. The number of nitrogen functional groups attached to an aromatic ring is 1. The van der Waals surface area contributed by atoms with Crippen molar-refractivity contribution in [3.8, 4) is 0 Å². The number of likely N-dealkylation sites (N-methyl/N-ethyl adjacent to an activating group) is 1. The van der Waals surface area contributed by atoms with E-state index in [1.165, 1.54) is 0 Å². The van der Waals surface area contributed by atoms with Crippen molar-refractivity contribution in [2.45, 2.75) is 12.8 Å². The predicted molar refractivity (Wildman–Crippen MR) is 84.2 cm³/mol.